The second kappa shape index (κ2) is 7.68. The van der Waals surface area contributed by atoms with E-state index >= 15 is 0 Å². The van der Waals surface area contributed by atoms with Crippen molar-refractivity contribution >= 4 is 17.5 Å². The van der Waals surface area contributed by atoms with Crippen LogP contribution in [0.4, 0.5) is 14.5 Å². The molecule has 2 amide bonds. The third-order valence-electron chi connectivity index (χ3n) is 3.47. The standard InChI is InChI=1S/C18H18F2N2O2/c1-11(2)16(18(24)21-13-9-7-12(19)8-10-13)22-17(23)14-5-3-4-6-15(14)20/h3-11,16H,1-2H3,(H,21,24)(H,22,23)/t16-/m0/s1. The summed E-state index contributed by atoms with van der Waals surface area (Å²) in [6.45, 7) is 3.52. The van der Waals surface area contributed by atoms with E-state index in [4.69, 9.17) is 0 Å². The summed E-state index contributed by atoms with van der Waals surface area (Å²) in [5.41, 5.74) is 0.282. The van der Waals surface area contributed by atoms with E-state index in [1.807, 2.05) is 0 Å². The van der Waals surface area contributed by atoms with E-state index in [2.05, 4.69) is 10.6 Å². The molecule has 0 spiro atoms. The molecule has 0 saturated carbocycles. The highest BCUT2D eigenvalue weighted by atomic mass is 19.1. The molecule has 0 aliphatic carbocycles. The van der Waals surface area contributed by atoms with Crippen LogP contribution in [-0.2, 0) is 4.79 Å². The molecule has 0 bridgehead atoms. The van der Waals surface area contributed by atoms with Gasteiger partial charge in [0.05, 0.1) is 5.56 Å². The van der Waals surface area contributed by atoms with E-state index in [9.17, 15) is 18.4 Å². The summed E-state index contributed by atoms with van der Waals surface area (Å²) >= 11 is 0. The monoisotopic (exact) mass is 332 g/mol. The first-order valence-electron chi connectivity index (χ1n) is 7.50. The quantitative estimate of drug-likeness (QED) is 0.882. The highest BCUT2D eigenvalue weighted by molar-refractivity contribution is 6.01. The Balaban J connectivity index is 2.11. The molecule has 0 fully saturated rings. The van der Waals surface area contributed by atoms with Gasteiger partial charge in [-0.3, -0.25) is 9.59 Å². The molecule has 0 aromatic heterocycles. The van der Waals surface area contributed by atoms with E-state index in [1.165, 1.54) is 42.5 Å². The molecule has 0 unspecified atom stereocenters. The van der Waals surface area contributed by atoms with Crippen molar-refractivity contribution in [2.75, 3.05) is 5.32 Å². The van der Waals surface area contributed by atoms with Crippen LogP contribution >= 0.6 is 0 Å². The highest BCUT2D eigenvalue weighted by Crippen LogP contribution is 2.12. The molecule has 126 valence electrons. The van der Waals surface area contributed by atoms with Crippen LogP contribution < -0.4 is 10.6 Å². The molecule has 2 aromatic carbocycles. The van der Waals surface area contributed by atoms with Gasteiger partial charge in [0.15, 0.2) is 0 Å². The van der Waals surface area contributed by atoms with E-state index in [-0.39, 0.29) is 11.5 Å². The maximum absolute atomic E-state index is 13.7. The van der Waals surface area contributed by atoms with Crippen LogP contribution in [-0.4, -0.2) is 17.9 Å². The molecule has 0 heterocycles. The molecule has 6 heteroatoms. The number of rotatable bonds is 5. The zero-order valence-corrected chi connectivity index (χ0v) is 13.3. The summed E-state index contributed by atoms with van der Waals surface area (Å²) in [4.78, 5) is 24.6. The van der Waals surface area contributed by atoms with Crippen LogP contribution in [0.3, 0.4) is 0 Å². The van der Waals surface area contributed by atoms with Crippen molar-refractivity contribution in [3.8, 4) is 0 Å². The fourth-order valence-electron chi connectivity index (χ4n) is 2.15. The third kappa shape index (κ3) is 4.38. The highest BCUT2D eigenvalue weighted by Gasteiger charge is 2.25. The van der Waals surface area contributed by atoms with E-state index in [0.29, 0.717) is 5.69 Å². The van der Waals surface area contributed by atoms with Gasteiger partial charge in [0, 0.05) is 5.69 Å². The summed E-state index contributed by atoms with van der Waals surface area (Å²) in [6, 6.07) is 9.97. The maximum Gasteiger partial charge on any atom is 0.254 e. The zero-order chi connectivity index (χ0) is 17.7. The van der Waals surface area contributed by atoms with Crippen LogP contribution in [0.25, 0.3) is 0 Å². The summed E-state index contributed by atoms with van der Waals surface area (Å²) in [7, 11) is 0. The van der Waals surface area contributed by atoms with Crippen molar-refractivity contribution in [1.82, 2.24) is 5.32 Å². The van der Waals surface area contributed by atoms with Crippen LogP contribution in [0.15, 0.2) is 48.5 Å². The minimum Gasteiger partial charge on any atom is -0.340 e. The third-order valence-corrected chi connectivity index (χ3v) is 3.47. The van der Waals surface area contributed by atoms with Gasteiger partial charge < -0.3 is 10.6 Å². The Bertz CT molecular complexity index is 730. The summed E-state index contributed by atoms with van der Waals surface area (Å²) in [6.07, 6.45) is 0. The second-order valence-corrected chi connectivity index (χ2v) is 5.67. The van der Waals surface area contributed by atoms with Crippen molar-refractivity contribution in [3.63, 3.8) is 0 Å². The van der Waals surface area contributed by atoms with Crippen LogP contribution in [0.2, 0.25) is 0 Å². The van der Waals surface area contributed by atoms with Crippen molar-refractivity contribution in [2.45, 2.75) is 19.9 Å². The molecule has 24 heavy (non-hydrogen) atoms. The Kier molecular flexibility index (Phi) is 5.63. The fourth-order valence-corrected chi connectivity index (χ4v) is 2.15. The predicted octanol–water partition coefficient (Wildman–Crippen LogP) is 3.36. The first-order chi connectivity index (χ1) is 11.4. The summed E-state index contributed by atoms with van der Waals surface area (Å²) in [5, 5.41) is 5.15. The molecular formula is C18H18F2N2O2. The molecule has 0 aliphatic heterocycles. The Morgan fingerprint density at radius 1 is 0.958 bits per heavy atom. The Hall–Kier alpha value is -2.76. The first kappa shape index (κ1) is 17.6. The van der Waals surface area contributed by atoms with Crippen LogP contribution in [0.1, 0.15) is 24.2 Å². The smallest absolute Gasteiger partial charge is 0.254 e. The zero-order valence-electron chi connectivity index (χ0n) is 13.3. The minimum atomic E-state index is -0.859. The molecule has 2 aromatic rings. The van der Waals surface area contributed by atoms with Gasteiger partial charge in [0.25, 0.3) is 5.91 Å². The number of hydrogen-bond acceptors (Lipinski definition) is 2. The number of halogens is 2. The molecule has 4 nitrogen and oxygen atoms in total. The van der Waals surface area contributed by atoms with Gasteiger partial charge in [-0.2, -0.15) is 0 Å². The number of amides is 2. The SMILES string of the molecule is CC(C)[C@H](NC(=O)c1ccccc1F)C(=O)Nc1ccc(F)cc1. The average molecular weight is 332 g/mol. The van der Waals surface area contributed by atoms with Gasteiger partial charge in [-0.1, -0.05) is 26.0 Å². The topological polar surface area (TPSA) is 58.2 Å². The van der Waals surface area contributed by atoms with Gasteiger partial charge in [-0.25, -0.2) is 8.78 Å². The van der Waals surface area contributed by atoms with E-state index in [1.54, 1.807) is 19.9 Å². The van der Waals surface area contributed by atoms with Gasteiger partial charge >= 0.3 is 0 Å². The van der Waals surface area contributed by atoms with Gasteiger partial charge in [0.2, 0.25) is 5.91 Å². The van der Waals surface area contributed by atoms with Crippen molar-refractivity contribution in [3.05, 3.63) is 65.7 Å². The largest absolute Gasteiger partial charge is 0.340 e. The normalized spacial score (nSPS) is 11.9. The van der Waals surface area contributed by atoms with Gasteiger partial charge in [-0.15, -0.1) is 0 Å². The predicted molar refractivity (Wildman–Crippen MR) is 87.5 cm³/mol. The fraction of sp³-hybridized carbons (Fsp3) is 0.222. The molecule has 1 atom stereocenters. The van der Waals surface area contributed by atoms with Crippen LogP contribution in [0.5, 0.6) is 0 Å². The van der Waals surface area contributed by atoms with Crippen LogP contribution in [0, 0.1) is 17.6 Å². The molecule has 0 radical (unpaired) electrons. The Morgan fingerprint density at radius 3 is 2.17 bits per heavy atom. The van der Waals surface area contributed by atoms with Crippen molar-refractivity contribution in [1.29, 1.82) is 0 Å². The lowest BCUT2D eigenvalue weighted by molar-refractivity contribution is -0.118. The second-order valence-electron chi connectivity index (χ2n) is 5.67. The van der Waals surface area contributed by atoms with E-state index in [0.717, 1.165) is 0 Å². The molecule has 2 N–H and O–H groups in total. The Labute approximate surface area is 138 Å². The number of nitrogens with one attached hydrogen (secondary N) is 2. The lowest BCUT2D eigenvalue weighted by atomic mass is 10.0. The minimum absolute atomic E-state index is 0.127. The number of benzene rings is 2. The molecule has 0 saturated heterocycles. The van der Waals surface area contributed by atoms with E-state index < -0.39 is 29.5 Å². The number of hydrogen-bond donors (Lipinski definition) is 2. The average Bonchev–Trinajstić information content (AvgIpc) is 2.54. The van der Waals surface area contributed by atoms with Crippen molar-refractivity contribution < 1.29 is 18.4 Å². The lowest BCUT2D eigenvalue weighted by Crippen LogP contribution is -2.47. The molecule has 2 rings (SSSR count). The number of carbonyl (C=O) groups is 2. The number of anilines is 1. The lowest BCUT2D eigenvalue weighted by Gasteiger charge is -2.22. The number of carbonyl (C=O) groups excluding carboxylic acids is 2. The first-order valence-corrected chi connectivity index (χ1v) is 7.50. The van der Waals surface area contributed by atoms with Crippen molar-refractivity contribution in [2.24, 2.45) is 5.92 Å². The molecular weight excluding hydrogens is 314 g/mol. The molecule has 0 aliphatic rings. The summed E-state index contributed by atoms with van der Waals surface area (Å²) in [5.74, 6) is -2.42. The van der Waals surface area contributed by atoms with Gasteiger partial charge in [0.1, 0.15) is 17.7 Å². The maximum atomic E-state index is 13.7. The Morgan fingerprint density at radius 2 is 1.58 bits per heavy atom. The summed E-state index contributed by atoms with van der Waals surface area (Å²) < 4.78 is 26.6. The van der Waals surface area contributed by atoms with Gasteiger partial charge in [-0.05, 0) is 42.3 Å².